The Morgan fingerprint density at radius 1 is 1.40 bits per heavy atom. The molecule has 0 spiro atoms. The molecule has 0 unspecified atom stereocenters. The second-order valence-corrected chi connectivity index (χ2v) is 5.74. The number of hydrogen-bond acceptors (Lipinski definition) is 6. The van der Waals surface area contributed by atoms with Crippen molar-refractivity contribution in [2.75, 3.05) is 16.4 Å². The number of nitrogens with zero attached hydrogens (tertiary/aromatic N) is 2. The zero-order valence-electron chi connectivity index (χ0n) is 11.6. The Balaban J connectivity index is 2.15. The molecular formula is C13H17N5OS. The number of carbonyl (C=O) groups excluding carboxylic acids is 1. The zero-order chi connectivity index (χ0) is 14.7. The number of nitrogens with one attached hydrogen (secondary N) is 2. The van der Waals surface area contributed by atoms with Crippen molar-refractivity contribution in [3.05, 3.63) is 28.9 Å². The Morgan fingerprint density at radius 3 is 2.80 bits per heavy atom. The Kier molecular flexibility index (Phi) is 4.19. The van der Waals surface area contributed by atoms with Crippen molar-refractivity contribution in [1.29, 1.82) is 0 Å². The summed E-state index contributed by atoms with van der Waals surface area (Å²) in [6, 6.07) is 2.08. The van der Waals surface area contributed by atoms with Crippen molar-refractivity contribution in [1.82, 2.24) is 9.97 Å². The number of carbonyl (C=O) groups is 1. The highest BCUT2D eigenvalue weighted by atomic mass is 32.1. The summed E-state index contributed by atoms with van der Waals surface area (Å²) in [7, 11) is 0. The molecule has 6 nitrogen and oxygen atoms in total. The molecule has 4 N–H and O–H groups in total. The van der Waals surface area contributed by atoms with Gasteiger partial charge in [0, 0.05) is 12.2 Å². The summed E-state index contributed by atoms with van der Waals surface area (Å²) in [6.07, 6.45) is 3.32. The van der Waals surface area contributed by atoms with Gasteiger partial charge in [-0.15, -0.1) is 0 Å². The van der Waals surface area contributed by atoms with E-state index in [-0.39, 0.29) is 17.8 Å². The quantitative estimate of drug-likeness (QED) is 0.804. The molecule has 0 saturated heterocycles. The molecule has 0 saturated carbocycles. The minimum Gasteiger partial charge on any atom is -0.382 e. The lowest BCUT2D eigenvalue weighted by Gasteiger charge is -2.04. The standard InChI is InChI=1S/C13H17N5OS/c1-7(2)16-13-18-11(14)10(20-13)12(19)17-9-4-8(3)5-15-6-9/h4-7H,14H2,1-3H3,(H,16,18)(H,17,19). The molecule has 1 amide bonds. The highest BCUT2D eigenvalue weighted by Gasteiger charge is 2.16. The topological polar surface area (TPSA) is 92.9 Å². The van der Waals surface area contributed by atoms with Gasteiger partial charge in [0.2, 0.25) is 0 Å². The Morgan fingerprint density at radius 2 is 2.15 bits per heavy atom. The van der Waals surface area contributed by atoms with Crippen molar-refractivity contribution < 1.29 is 4.79 Å². The number of hydrogen-bond donors (Lipinski definition) is 3. The normalized spacial score (nSPS) is 10.6. The smallest absolute Gasteiger partial charge is 0.269 e. The number of anilines is 3. The second-order valence-electron chi connectivity index (χ2n) is 4.74. The van der Waals surface area contributed by atoms with E-state index in [9.17, 15) is 4.79 Å². The minimum atomic E-state index is -0.274. The van der Waals surface area contributed by atoms with Crippen molar-refractivity contribution in [3.8, 4) is 0 Å². The Labute approximate surface area is 121 Å². The molecule has 7 heteroatoms. The van der Waals surface area contributed by atoms with Crippen LogP contribution in [0.3, 0.4) is 0 Å². The summed E-state index contributed by atoms with van der Waals surface area (Å²) >= 11 is 1.24. The van der Waals surface area contributed by atoms with E-state index in [1.165, 1.54) is 11.3 Å². The van der Waals surface area contributed by atoms with Gasteiger partial charge in [0.1, 0.15) is 10.7 Å². The first-order chi connectivity index (χ1) is 9.45. The average molecular weight is 291 g/mol. The van der Waals surface area contributed by atoms with Crippen LogP contribution >= 0.6 is 11.3 Å². The monoisotopic (exact) mass is 291 g/mol. The molecule has 2 aromatic rings. The molecule has 2 aromatic heterocycles. The number of nitrogen functional groups attached to an aromatic ring is 1. The van der Waals surface area contributed by atoms with Gasteiger partial charge in [0.05, 0.1) is 11.9 Å². The fraction of sp³-hybridized carbons (Fsp3) is 0.308. The molecule has 0 atom stereocenters. The van der Waals surface area contributed by atoms with Crippen LogP contribution in [0.5, 0.6) is 0 Å². The molecule has 0 aliphatic rings. The van der Waals surface area contributed by atoms with Gasteiger partial charge >= 0.3 is 0 Å². The van der Waals surface area contributed by atoms with Crippen molar-refractivity contribution in [3.63, 3.8) is 0 Å². The highest BCUT2D eigenvalue weighted by Crippen LogP contribution is 2.26. The second kappa shape index (κ2) is 5.87. The van der Waals surface area contributed by atoms with Gasteiger partial charge in [-0.25, -0.2) is 4.98 Å². The number of thiazole rings is 1. The summed E-state index contributed by atoms with van der Waals surface area (Å²) < 4.78 is 0. The van der Waals surface area contributed by atoms with Gasteiger partial charge in [0.25, 0.3) is 5.91 Å². The van der Waals surface area contributed by atoms with Crippen LogP contribution in [0, 0.1) is 6.92 Å². The number of pyridine rings is 1. The lowest BCUT2D eigenvalue weighted by atomic mass is 10.3. The van der Waals surface area contributed by atoms with Gasteiger partial charge in [-0.3, -0.25) is 9.78 Å². The molecule has 0 aliphatic heterocycles. The molecule has 0 bridgehead atoms. The van der Waals surface area contributed by atoms with Crippen LogP contribution in [0.25, 0.3) is 0 Å². The van der Waals surface area contributed by atoms with E-state index in [4.69, 9.17) is 5.73 Å². The average Bonchev–Trinajstić information content (AvgIpc) is 2.69. The van der Waals surface area contributed by atoms with Gasteiger partial charge in [-0.05, 0) is 32.4 Å². The number of nitrogens with two attached hydrogens (primary N) is 1. The molecule has 20 heavy (non-hydrogen) atoms. The van der Waals surface area contributed by atoms with E-state index >= 15 is 0 Å². The third-order valence-electron chi connectivity index (χ3n) is 2.40. The van der Waals surface area contributed by atoms with E-state index in [1.807, 2.05) is 26.8 Å². The van der Waals surface area contributed by atoms with Gasteiger partial charge < -0.3 is 16.4 Å². The van der Waals surface area contributed by atoms with Gasteiger partial charge in [-0.1, -0.05) is 11.3 Å². The summed E-state index contributed by atoms with van der Waals surface area (Å²) in [5.41, 5.74) is 7.40. The molecule has 0 radical (unpaired) electrons. The molecule has 2 rings (SSSR count). The van der Waals surface area contributed by atoms with E-state index < -0.39 is 0 Å². The van der Waals surface area contributed by atoms with Crippen LogP contribution in [-0.4, -0.2) is 21.9 Å². The lowest BCUT2D eigenvalue weighted by molar-refractivity contribution is 0.103. The van der Waals surface area contributed by atoms with Gasteiger partial charge in [-0.2, -0.15) is 0 Å². The molecule has 2 heterocycles. The molecule has 106 valence electrons. The van der Waals surface area contributed by atoms with E-state index in [0.29, 0.717) is 15.7 Å². The SMILES string of the molecule is Cc1cncc(NC(=O)c2sc(NC(C)C)nc2N)c1. The van der Waals surface area contributed by atoms with Crippen LogP contribution in [0.4, 0.5) is 16.6 Å². The van der Waals surface area contributed by atoms with E-state index in [1.54, 1.807) is 12.4 Å². The summed E-state index contributed by atoms with van der Waals surface area (Å²) in [6.45, 7) is 5.90. The minimum absolute atomic E-state index is 0.233. The number of aryl methyl sites for hydroxylation is 1. The van der Waals surface area contributed by atoms with Crippen molar-refractivity contribution >= 4 is 33.9 Å². The summed E-state index contributed by atoms with van der Waals surface area (Å²) in [4.78, 5) is 20.7. The first-order valence-electron chi connectivity index (χ1n) is 6.21. The predicted molar refractivity (Wildman–Crippen MR) is 82.2 cm³/mol. The Bertz CT molecular complexity index is 623. The van der Waals surface area contributed by atoms with Crippen LogP contribution in [0.1, 0.15) is 29.1 Å². The first-order valence-corrected chi connectivity index (χ1v) is 7.03. The Hall–Kier alpha value is -2.15. The van der Waals surface area contributed by atoms with Crippen LogP contribution < -0.4 is 16.4 Å². The molecule has 0 aliphatic carbocycles. The zero-order valence-corrected chi connectivity index (χ0v) is 12.4. The van der Waals surface area contributed by atoms with Crippen LogP contribution in [0.15, 0.2) is 18.5 Å². The highest BCUT2D eigenvalue weighted by molar-refractivity contribution is 7.18. The van der Waals surface area contributed by atoms with Crippen LogP contribution in [0.2, 0.25) is 0 Å². The summed E-state index contributed by atoms with van der Waals surface area (Å²) in [5.74, 6) is -0.0412. The van der Waals surface area contributed by atoms with Crippen LogP contribution in [-0.2, 0) is 0 Å². The molecule has 0 aromatic carbocycles. The maximum absolute atomic E-state index is 12.2. The predicted octanol–water partition coefficient (Wildman–Crippen LogP) is 2.50. The summed E-state index contributed by atoms with van der Waals surface area (Å²) in [5, 5.41) is 6.54. The number of rotatable bonds is 4. The number of aromatic nitrogens is 2. The number of amides is 1. The lowest BCUT2D eigenvalue weighted by Crippen LogP contribution is -2.12. The molecular weight excluding hydrogens is 274 g/mol. The first kappa shape index (κ1) is 14.3. The van der Waals surface area contributed by atoms with Gasteiger partial charge in [0.15, 0.2) is 5.13 Å². The van der Waals surface area contributed by atoms with E-state index in [0.717, 1.165) is 5.56 Å². The fourth-order valence-electron chi connectivity index (χ4n) is 1.61. The fourth-order valence-corrected chi connectivity index (χ4v) is 2.54. The largest absolute Gasteiger partial charge is 0.382 e. The van der Waals surface area contributed by atoms with Crippen molar-refractivity contribution in [2.45, 2.75) is 26.8 Å². The third-order valence-corrected chi connectivity index (χ3v) is 3.41. The van der Waals surface area contributed by atoms with E-state index in [2.05, 4.69) is 20.6 Å². The van der Waals surface area contributed by atoms with Crippen molar-refractivity contribution in [2.24, 2.45) is 0 Å². The molecule has 0 fully saturated rings. The maximum Gasteiger partial charge on any atom is 0.269 e. The third kappa shape index (κ3) is 3.45. The maximum atomic E-state index is 12.2.